The fourth-order valence-electron chi connectivity index (χ4n) is 4.93. The molecule has 6 heteroatoms. The van der Waals surface area contributed by atoms with Crippen LogP contribution >= 0.6 is 0 Å². The Morgan fingerprint density at radius 1 is 1.03 bits per heavy atom. The lowest BCUT2D eigenvalue weighted by atomic mass is 9.85. The van der Waals surface area contributed by atoms with E-state index < -0.39 is 10.0 Å². The number of rotatable bonds is 4. The molecule has 1 heterocycles. The molecule has 2 aromatic rings. The number of benzene rings is 2. The Balaban J connectivity index is 1.62. The van der Waals surface area contributed by atoms with E-state index in [4.69, 9.17) is 0 Å². The number of fused-ring (bicyclic) bond motifs is 1. The van der Waals surface area contributed by atoms with Crippen LogP contribution in [-0.2, 0) is 10.0 Å². The molecule has 2 aromatic carbocycles. The molecule has 3 atom stereocenters. The van der Waals surface area contributed by atoms with Gasteiger partial charge in [-0.25, -0.2) is 8.42 Å². The minimum atomic E-state index is -3.75. The predicted molar refractivity (Wildman–Crippen MR) is 114 cm³/mol. The van der Waals surface area contributed by atoms with Crippen molar-refractivity contribution in [3.05, 3.63) is 60.2 Å². The van der Waals surface area contributed by atoms with Crippen LogP contribution in [0.4, 0.5) is 5.69 Å². The molecule has 0 bridgehead atoms. The van der Waals surface area contributed by atoms with Crippen molar-refractivity contribution in [3.8, 4) is 0 Å². The molecule has 2 aliphatic rings. The fraction of sp³-hybridized carbons (Fsp3) is 0.435. The van der Waals surface area contributed by atoms with Gasteiger partial charge in [0, 0.05) is 24.7 Å². The van der Waals surface area contributed by atoms with Gasteiger partial charge < -0.3 is 4.90 Å². The maximum absolute atomic E-state index is 13.3. The molecule has 1 saturated heterocycles. The van der Waals surface area contributed by atoms with Gasteiger partial charge in [-0.05, 0) is 62.4 Å². The first-order valence-corrected chi connectivity index (χ1v) is 11.8. The molecule has 4 rings (SSSR count). The highest BCUT2D eigenvalue weighted by Gasteiger charge is 2.42. The fourth-order valence-corrected chi connectivity index (χ4v) is 6.17. The lowest BCUT2D eigenvalue weighted by molar-refractivity contribution is 0.0633. The van der Waals surface area contributed by atoms with Gasteiger partial charge in [-0.3, -0.25) is 9.10 Å². The number of carbonyl (C=O) groups is 1. The summed E-state index contributed by atoms with van der Waals surface area (Å²) in [7, 11) is -2.21. The summed E-state index contributed by atoms with van der Waals surface area (Å²) in [5.41, 5.74) is 1.04. The van der Waals surface area contributed by atoms with Crippen LogP contribution in [0.25, 0.3) is 0 Å². The van der Waals surface area contributed by atoms with Crippen LogP contribution in [0.15, 0.2) is 59.5 Å². The monoisotopic (exact) mass is 412 g/mol. The van der Waals surface area contributed by atoms with Crippen molar-refractivity contribution in [1.29, 1.82) is 0 Å². The molecule has 0 N–H and O–H groups in total. The molecule has 1 saturated carbocycles. The molecule has 0 aromatic heterocycles. The maximum Gasteiger partial charge on any atom is 0.264 e. The van der Waals surface area contributed by atoms with Crippen molar-refractivity contribution < 1.29 is 13.2 Å². The van der Waals surface area contributed by atoms with Crippen LogP contribution < -0.4 is 4.31 Å². The standard InChI is InChI=1S/C23H28N2O3S/c1-17-15-18-9-6-7-14-22(18)25(17)23(26)19-10-8-13-21(16-19)29(27,28)24(2)20-11-4-3-5-12-20/h3-5,8,10-13,16-18,22H,6-7,9,14-15H2,1-2H3. The number of amides is 1. The van der Waals surface area contributed by atoms with Crippen LogP contribution in [0, 0.1) is 5.92 Å². The first-order valence-electron chi connectivity index (χ1n) is 10.4. The number of para-hydroxylation sites is 1. The van der Waals surface area contributed by atoms with E-state index >= 15 is 0 Å². The summed E-state index contributed by atoms with van der Waals surface area (Å²) >= 11 is 0. The summed E-state index contributed by atoms with van der Waals surface area (Å²) in [5, 5.41) is 0. The zero-order valence-corrected chi connectivity index (χ0v) is 17.8. The largest absolute Gasteiger partial charge is 0.333 e. The summed E-state index contributed by atoms with van der Waals surface area (Å²) in [6, 6.07) is 15.9. The third-order valence-corrected chi connectivity index (χ3v) is 8.22. The van der Waals surface area contributed by atoms with Gasteiger partial charge in [-0.15, -0.1) is 0 Å². The molecular formula is C23H28N2O3S. The van der Waals surface area contributed by atoms with Gasteiger partial charge in [0.15, 0.2) is 0 Å². The van der Waals surface area contributed by atoms with E-state index in [0.717, 1.165) is 19.3 Å². The van der Waals surface area contributed by atoms with E-state index in [2.05, 4.69) is 6.92 Å². The molecule has 154 valence electrons. The average molecular weight is 413 g/mol. The molecule has 5 nitrogen and oxygen atoms in total. The van der Waals surface area contributed by atoms with E-state index in [9.17, 15) is 13.2 Å². The lowest BCUT2D eigenvalue weighted by Crippen LogP contribution is -2.42. The average Bonchev–Trinajstić information content (AvgIpc) is 3.09. The molecule has 1 aliphatic carbocycles. The second kappa shape index (κ2) is 7.82. The van der Waals surface area contributed by atoms with Crippen LogP contribution in [0.3, 0.4) is 0 Å². The van der Waals surface area contributed by atoms with Gasteiger partial charge in [0.1, 0.15) is 0 Å². The molecule has 1 amide bonds. The topological polar surface area (TPSA) is 57.7 Å². The van der Waals surface area contributed by atoms with Crippen LogP contribution in [0.2, 0.25) is 0 Å². The third-order valence-electron chi connectivity index (χ3n) is 6.44. The van der Waals surface area contributed by atoms with Crippen molar-refractivity contribution >= 4 is 21.6 Å². The predicted octanol–water partition coefficient (Wildman–Crippen LogP) is 4.30. The van der Waals surface area contributed by atoms with E-state index in [1.54, 1.807) is 42.5 Å². The number of hydrogen-bond donors (Lipinski definition) is 0. The normalized spacial score (nSPS) is 24.2. The van der Waals surface area contributed by atoms with E-state index in [-0.39, 0.29) is 16.8 Å². The van der Waals surface area contributed by atoms with Gasteiger partial charge in [-0.2, -0.15) is 0 Å². The Morgan fingerprint density at radius 2 is 1.76 bits per heavy atom. The van der Waals surface area contributed by atoms with Crippen molar-refractivity contribution in [1.82, 2.24) is 4.90 Å². The van der Waals surface area contributed by atoms with Crippen LogP contribution in [0.1, 0.15) is 49.4 Å². The van der Waals surface area contributed by atoms with Crippen molar-refractivity contribution in [3.63, 3.8) is 0 Å². The Labute approximate surface area is 173 Å². The van der Waals surface area contributed by atoms with Gasteiger partial charge in [0.05, 0.1) is 10.6 Å². The van der Waals surface area contributed by atoms with Crippen molar-refractivity contribution in [2.45, 2.75) is 56.0 Å². The Morgan fingerprint density at radius 3 is 2.52 bits per heavy atom. The zero-order chi connectivity index (χ0) is 20.6. The Hall–Kier alpha value is -2.34. The number of nitrogens with zero attached hydrogens (tertiary/aromatic N) is 2. The summed E-state index contributed by atoms with van der Waals surface area (Å²) < 4.78 is 27.5. The Kier molecular flexibility index (Phi) is 5.38. The molecule has 0 radical (unpaired) electrons. The number of anilines is 1. The number of sulfonamides is 1. The first kappa shape index (κ1) is 20.0. The minimum absolute atomic E-state index is 0.0497. The highest BCUT2D eigenvalue weighted by Crippen LogP contribution is 2.40. The molecular weight excluding hydrogens is 384 g/mol. The lowest BCUT2D eigenvalue weighted by Gasteiger charge is -2.33. The first-order chi connectivity index (χ1) is 13.9. The maximum atomic E-state index is 13.3. The molecule has 29 heavy (non-hydrogen) atoms. The van der Waals surface area contributed by atoms with Gasteiger partial charge in [0.25, 0.3) is 15.9 Å². The SMILES string of the molecule is CC1CC2CCCCC2N1C(=O)c1cccc(S(=O)(=O)N(C)c2ccccc2)c1. The van der Waals surface area contributed by atoms with E-state index in [0.29, 0.717) is 23.2 Å². The number of likely N-dealkylation sites (tertiary alicyclic amines) is 1. The molecule has 1 aliphatic heterocycles. The molecule has 0 spiro atoms. The van der Waals surface area contributed by atoms with E-state index in [1.165, 1.54) is 30.3 Å². The van der Waals surface area contributed by atoms with Crippen LogP contribution in [-0.4, -0.2) is 38.4 Å². The summed E-state index contributed by atoms with van der Waals surface area (Å²) in [6.45, 7) is 2.11. The third kappa shape index (κ3) is 3.66. The summed E-state index contributed by atoms with van der Waals surface area (Å²) in [4.78, 5) is 15.5. The smallest absolute Gasteiger partial charge is 0.264 e. The molecule has 2 fully saturated rings. The highest BCUT2D eigenvalue weighted by molar-refractivity contribution is 7.92. The minimum Gasteiger partial charge on any atom is -0.333 e. The second-order valence-electron chi connectivity index (χ2n) is 8.24. The second-order valence-corrected chi connectivity index (χ2v) is 10.2. The van der Waals surface area contributed by atoms with Crippen molar-refractivity contribution in [2.75, 3.05) is 11.4 Å². The van der Waals surface area contributed by atoms with Crippen molar-refractivity contribution in [2.24, 2.45) is 5.92 Å². The summed E-state index contributed by atoms with van der Waals surface area (Å²) in [5.74, 6) is 0.533. The highest BCUT2D eigenvalue weighted by atomic mass is 32.2. The van der Waals surface area contributed by atoms with Gasteiger partial charge in [-0.1, -0.05) is 37.1 Å². The molecule has 3 unspecified atom stereocenters. The zero-order valence-electron chi connectivity index (χ0n) is 17.0. The Bertz CT molecular complexity index is 990. The number of carbonyl (C=O) groups excluding carboxylic acids is 1. The summed E-state index contributed by atoms with van der Waals surface area (Å²) in [6.07, 6.45) is 5.69. The quantitative estimate of drug-likeness (QED) is 0.752. The number of hydrogen-bond acceptors (Lipinski definition) is 3. The van der Waals surface area contributed by atoms with Gasteiger partial charge in [0.2, 0.25) is 0 Å². The van der Waals surface area contributed by atoms with E-state index in [1.807, 2.05) is 11.0 Å². The van der Waals surface area contributed by atoms with Crippen LogP contribution in [0.5, 0.6) is 0 Å². The van der Waals surface area contributed by atoms with Gasteiger partial charge >= 0.3 is 0 Å².